The minimum Gasteiger partial charge on any atom is -0.462 e. The van der Waals surface area contributed by atoms with Crippen LogP contribution in [0.1, 0.15) is 23.0 Å². The van der Waals surface area contributed by atoms with E-state index in [1.807, 2.05) is 0 Å². The van der Waals surface area contributed by atoms with E-state index in [2.05, 4.69) is 5.10 Å². The number of esters is 1. The monoisotopic (exact) mass is 280 g/mol. The van der Waals surface area contributed by atoms with E-state index >= 15 is 0 Å². The molecular weight excluding hydrogens is 268 g/mol. The van der Waals surface area contributed by atoms with Crippen LogP contribution < -0.4 is 0 Å². The van der Waals surface area contributed by atoms with Crippen molar-refractivity contribution < 1.29 is 14.6 Å². The van der Waals surface area contributed by atoms with Crippen LogP contribution in [0.25, 0.3) is 5.69 Å². The second-order valence-electron chi connectivity index (χ2n) is 3.79. The first-order chi connectivity index (χ1) is 9.15. The number of hydrogen-bond donors (Lipinski definition) is 1. The number of aliphatic hydroxyl groups excluding tert-OH is 1. The number of benzene rings is 1. The van der Waals surface area contributed by atoms with Gasteiger partial charge in [0.05, 0.1) is 18.9 Å². The molecule has 0 bridgehead atoms. The number of aromatic nitrogens is 2. The lowest BCUT2D eigenvalue weighted by Crippen LogP contribution is -2.06. The minimum absolute atomic E-state index is 0.263. The highest BCUT2D eigenvalue weighted by molar-refractivity contribution is 6.30. The molecular formula is C13H13ClN2O3. The van der Waals surface area contributed by atoms with Gasteiger partial charge in [0.25, 0.3) is 0 Å². The van der Waals surface area contributed by atoms with Gasteiger partial charge in [-0.05, 0) is 31.2 Å². The first-order valence-corrected chi connectivity index (χ1v) is 6.16. The number of carbonyl (C=O) groups is 1. The predicted molar refractivity (Wildman–Crippen MR) is 70.5 cm³/mol. The molecule has 0 saturated heterocycles. The molecule has 0 unspecified atom stereocenters. The molecule has 19 heavy (non-hydrogen) atoms. The highest BCUT2D eigenvalue weighted by Gasteiger charge is 2.17. The molecule has 0 aliphatic rings. The zero-order valence-corrected chi connectivity index (χ0v) is 11.1. The molecule has 1 heterocycles. The summed E-state index contributed by atoms with van der Waals surface area (Å²) in [5, 5.41) is 14.0. The molecule has 1 aromatic carbocycles. The molecule has 0 amide bonds. The SMILES string of the molecule is CCOC(=O)c1cn(-c2ccc(Cl)cc2)nc1CO. The number of hydrogen-bond acceptors (Lipinski definition) is 4. The van der Waals surface area contributed by atoms with Gasteiger partial charge in [0.1, 0.15) is 11.3 Å². The Labute approximate surface area is 115 Å². The third-order valence-corrected chi connectivity index (χ3v) is 2.78. The van der Waals surface area contributed by atoms with Crippen molar-refractivity contribution in [1.29, 1.82) is 0 Å². The summed E-state index contributed by atoms with van der Waals surface area (Å²) in [5.41, 5.74) is 1.29. The van der Waals surface area contributed by atoms with Gasteiger partial charge < -0.3 is 9.84 Å². The van der Waals surface area contributed by atoms with Gasteiger partial charge in [-0.3, -0.25) is 0 Å². The summed E-state index contributed by atoms with van der Waals surface area (Å²) in [6.07, 6.45) is 1.53. The van der Waals surface area contributed by atoms with Crippen LogP contribution in [0.5, 0.6) is 0 Å². The smallest absolute Gasteiger partial charge is 0.341 e. The Balaban J connectivity index is 2.38. The van der Waals surface area contributed by atoms with Crippen LogP contribution in [0.2, 0.25) is 5.02 Å². The van der Waals surface area contributed by atoms with Crippen LogP contribution in [0.3, 0.4) is 0 Å². The normalized spacial score (nSPS) is 10.5. The lowest BCUT2D eigenvalue weighted by molar-refractivity contribution is 0.0523. The summed E-state index contributed by atoms with van der Waals surface area (Å²) in [6, 6.07) is 6.99. The van der Waals surface area contributed by atoms with Crippen molar-refractivity contribution in [3.05, 3.63) is 46.7 Å². The molecule has 2 rings (SSSR count). The number of nitrogens with zero attached hydrogens (tertiary/aromatic N) is 2. The van der Waals surface area contributed by atoms with E-state index in [1.54, 1.807) is 31.2 Å². The molecule has 0 saturated carbocycles. The fourth-order valence-corrected chi connectivity index (χ4v) is 1.76. The molecule has 0 radical (unpaired) electrons. The molecule has 1 aromatic heterocycles. The lowest BCUT2D eigenvalue weighted by Gasteiger charge is -2.00. The number of carbonyl (C=O) groups excluding carboxylic acids is 1. The van der Waals surface area contributed by atoms with E-state index in [1.165, 1.54) is 10.9 Å². The van der Waals surface area contributed by atoms with Gasteiger partial charge in [-0.2, -0.15) is 5.10 Å². The van der Waals surface area contributed by atoms with Crippen molar-refractivity contribution in [2.45, 2.75) is 13.5 Å². The quantitative estimate of drug-likeness (QED) is 0.872. The van der Waals surface area contributed by atoms with E-state index in [0.717, 1.165) is 5.69 Å². The summed E-state index contributed by atoms with van der Waals surface area (Å²) < 4.78 is 6.42. The molecule has 5 nitrogen and oxygen atoms in total. The second kappa shape index (κ2) is 5.86. The Bertz CT molecular complexity index is 578. The van der Waals surface area contributed by atoms with E-state index in [4.69, 9.17) is 16.3 Å². The summed E-state index contributed by atoms with van der Waals surface area (Å²) in [6.45, 7) is 1.67. The molecule has 2 aromatic rings. The first kappa shape index (κ1) is 13.6. The van der Waals surface area contributed by atoms with Gasteiger partial charge in [-0.1, -0.05) is 11.6 Å². The lowest BCUT2D eigenvalue weighted by atomic mass is 10.2. The molecule has 0 aliphatic heterocycles. The second-order valence-corrected chi connectivity index (χ2v) is 4.23. The number of aliphatic hydroxyl groups is 1. The maximum absolute atomic E-state index is 11.7. The van der Waals surface area contributed by atoms with Crippen LogP contribution in [-0.4, -0.2) is 27.5 Å². The highest BCUT2D eigenvalue weighted by atomic mass is 35.5. The zero-order chi connectivity index (χ0) is 13.8. The van der Waals surface area contributed by atoms with Gasteiger partial charge in [-0.15, -0.1) is 0 Å². The Hall–Kier alpha value is -1.85. The third-order valence-electron chi connectivity index (χ3n) is 2.53. The van der Waals surface area contributed by atoms with E-state index in [0.29, 0.717) is 5.02 Å². The van der Waals surface area contributed by atoms with Crippen molar-refractivity contribution in [1.82, 2.24) is 9.78 Å². The Kier molecular flexibility index (Phi) is 4.19. The molecule has 1 N–H and O–H groups in total. The first-order valence-electron chi connectivity index (χ1n) is 5.78. The van der Waals surface area contributed by atoms with Crippen LogP contribution in [0.15, 0.2) is 30.5 Å². The number of rotatable bonds is 4. The van der Waals surface area contributed by atoms with Crippen LogP contribution in [0.4, 0.5) is 0 Å². The van der Waals surface area contributed by atoms with Crippen molar-refractivity contribution >= 4 is 17.6 Å². The van der Waals surface area contributed by atoms with E-state index in [-0.39, 0.29) is 24.5 Å². The molecule has 0 atom stereocenters. The molecule has 0 fully saturated rings. The third kappa shape index (κ3) is 2.94. The van der Waals surface area contributed by atoms with Crippen molar-refractivity contribution in [3.63, 3.8) is 0 Å². The van der Waals surface area contributed by atoms with Crippen LogP contribution in [-0.2, 0) is 11.3 Å². The topological polar surface area (TPSA) is 64.4 Å². The fraction of sp³-hybridized carbons (Fsp3) is 0.231. The van der Waals surface area contributed by atoms with Crippen molar-refractivity contribution in [2.75, 3.05) is 6.61 Å². The highest BCUT2D eigenvalue weighted by Crippen LogP contribution is 2.16. The zero-order valence-electron chi connectivity index (χ0n) is 10.3. The standard InChI is InChI=1S/C13H13ClN2O3/c1-2-19-13(18)11-7-16(15-12(11)8-17)10-5-3-9(14)4-6-10/h3-7,17H,2,8H2,1H3. The Morgan fingerprint density at radius 1 is 1.42 bits per heavy atom. The maximum Gasteiger partial charge on any atom is 0.341 e. The molecule has 6 heteroatoms. The molecule has 100 valence electrons. The summed E-state index contributed by atoms with van der Waals surface area (Å²) in [4.78, 5) is 11.7. The van der Waals surface area contributed by atoms with E-state index < -0.39 is 5.97 Å². The summed E-state index contributed by atoms with van der Waals surface area (Å²) >= 11 is 5.81. The number of ether oxygens (including phenoxy) is 1. The van der Waals surface area contributed by atoms with Gasteiger partial charge in [-0.25, -0.2) is 9.48 Å². The number of halogens is 1. The van der Waals surface area contributed by atoms with Crippen molar-refractivity contribution in [3.8, 4) is 5.69 Å². The maximum atomic E-state index is 11.7. The van der Waals surface area contributed by atoms with Gasteiger partial charge in [0.2, 0.25) is 0 Å². The van der Waals surface area contributed by atoms with Gasteiger partial charge >= 0.3 is 5.97 Å². The molecule has 0 spiro atoms. The largest absolute Gasteiger partial charge is 0.462 e. The summed E-state index contributed by atoms with van der Waals surface area (Å²) in [5.74, 6) is -0.494. The summed E-state index contributed by atoms with van der Waals surface area (Å²) in [7, 11) is 0. The average molecular weight is 281 g/mol. The van der Waals surface area contributed by atoms with Gasteiger partial charge in [0.15, 0.2) is 0 Å². The van der Waals surface area contributed by atoms with Crippen molar-refractivity contribution in [2.24, 2.45) is 0 Å². The average Bonchev–Trinajstić information content (AvgIpc) is 2.84. The van der Waals surface area contributed by atoms with Gasteiger partial charge in [0, 0.05) is 11.2 Å². The van der Waals surface area contributed by atoms with Crippen LogP contribution >= 0.6 is 11.6 Å². The Morgan fingerprint density at radius 2 is 2.11 bits per heavy atom. The fourth-order valence-electron chi connectivity index (χ4n) is 1.63. The minimum atomic E-state index is -0.494. The van der Waals surface area contributed by atoms with E-state index in [9.17, 15) is 9.90 Å². The van der Waals surface area contributed by atoms with Crippen LogP contribution in [0, 0.1) is 0 Å². The predicted octanol–water partition coefficient (Wildman–Crippen LogP) is 2.19. The Morgan fingerprint density at radius 3 is 2.68 bits per heavy atom. The molecule has 0 aliphatic carbocycles.